The highest BCUT2D eigenvalue weighted by atomic mass is 35.5. The van der Waals surface area contributed by atoms with Gasteiger partial charge in [0, 0.05) is 17.3 Å². The van der Waals surface area contributed by atoms with Crippen LogP contribution in [0.15, 0.2) is 16.9 Å². The zero-order valence-corrected chi connectivity index (χ0v) is 12.7. The lowest BCUT2D eigenvalue weighted by Crippen LogP contribution is -2.23. The first-order valence-corrected chi connectivity index (χ1v) is 7.40. The molecule has 2 heterocycles. The van der Waals surface area contributed by atoms with Crippen LogP contribution < -0.4 is 15.0 Å². The molecule has 1 aliphatic rings. The molecule has 0 aliphatic carbocycles. The van der Waals surface area contributed by atoms with Gasteiger partial charge in [-0.3, -0.25) is 4.79 Å². The van der Waals surface area contributed by atoms with E-state index in [2.05, 4.69) is 4.98 Å². The standard InChI is InChI=1S/C15H14ClNO5/c1-2-20-15(19)13-9(7-16)8-5-11-12(22-4-3-21-11)6-10(8)17-14(13)18/h5-6H,2-4,7H2,1H3,(H,17,18). The van der Waals surface area contributed by atoms with Gasteiger partial charge in [0.1, 0.15) is 18.8 Å². The number of rotatable bonds is 3. The Bertz CT molecular complexity index is 799. The summed E-state index contributed by atoms with van der Waals surface area (Å²) in [6, 6.07) is 3.40. The third-order valence-corrected chi connectivity index (χ3v) is 3.66. The number of hydrogen-bond donors (Lipinski definition) is 1. The van der Waals surface area contributed by atoms with Crippen LogP contribution in [0.25, 0.3) is 10.9 Å². The number of aromatic nitrogens is 1. The van der Waals surface area contributed by atoms with Crippen LogP contribution >= 0.6 is 11.6 Å². The first kappa shape index (κ1) is 14.7. The van der Waals surface area contributed by atoms with Crippen LogP contribution in [-0.4, -0.2) is 30.8 Å². The lowest BCUT2D eigenvalue weighted by molar-refractivity contribution is 0.0523. The maximum atomic E-state index is 12.2. The maximum Gasteiger partial charge on any atom is 0.344 e. The topological polar surface area (TPSA) is 77.6 Å². The number of aromatic amines is 1. The number of H-pyrrole nitrogens is 1. The molecule has 0 fully saturated rings. The second-order valence-electron chi connectivity index (χ2n) is 4.70. The maximum absolute atomic E-state index is 12.2. The van der Waals surface area contributed by atoms with Gasteiger partial charge in [-0.1, -0.05) is 0 Å². The smallest absolute Gasteiger partial charge is 0.344 e. The van der Waals surface area contributed by atoms with Crippen LogP contribution in [0.1, 0.15) is 22.8 Å². The third-order valence-electron chi connectivity index (χ3n) is 3.40. The van der Waals surface area contributed by atoms with Gasteiger partial charge in [-0.05, 0) is 18.6 Å². The fraction of sp³-hybridized carbons (Fsp3) is 0.333. The lowest BCUT2D eigenvalue weighted by Gasteiger charge is -2.19. The number of carbonyl (C=O) groups is 1. The minimum Gasteiger partial charge on any atom is -0.486 e. The Balaban J connectivity index is 2.27. The molecule has 0 saturated heterocycles. The van der Waals surface area contributed by atoms with Crippen molar-refractivity contribution in [3.05, 3.63) is 33.6 Å². The van der Waals surface area contributed by atoms with E-state index in [9.17, 15) is 9.59 Å². The van der Waals surface area contributed by atoms with E-state index in [-0.39, 0.29) is 18.1 Å². The number of benzene rings is 1. The molecule has 0 saturated carbocycles. The predicted molar refractivity (Wildman–Crippen MR) is 81.1 cm³/mol. The van der Waals surface area contributed by atoms with Crippen molar-refractivity contribution in [2.45, 2.75) is 12.8 Å². The molecule has 6 nitrogen and oxygen atoms in total. The number of esters is 1. The summed E-state index contributed by atoms with van der Waals surface area (Å²) < 4.78 is 16.0. The van der Waals surface area contributed by atoms with Gasteiger partial charge in [-0.15, -0.1) is 11.6 Å². The summed E-state index contributed by atoms with van der Waals surface area (Å²) in [5, 5.41) is 0.641. The Kier molecular flexibility index (Phi) is 3.94. The number of hydrogen-bond acceptors (Lipinski definition) is 5. The number of alkyl halides is 1. The fourth-order valence-electron chi connectivity index (χ4n) is 2.46. The van der Waals surface area contributed by atoms with Crippen molar-refractivity contribution in [1.29, 1.82) is 0 Å². The molecule has 0 amide bonds. The van der Waals surface area contributed by atoms with E-state index in [1.54, 1.807) is 19.1 Å². The Labute approximate surface area is 130 Å². The quantitative estimate of drug-likeness (QED) is 0.692. The fourth-order valence-corrected chi connectivity index (χ4v) is 2.73. The minimum absolute atomic E-state index is 0.00815. The van der Waals surface area contributed by atoms with Crippen molar-refractivity contribution < 1.29 is 19.0 Å². The van der Waals surface area contributed by atoms with E-state index in [1.807, 2.05) is 0 Å². The molecule has 0 bridgehead atoms. The number of pyridine rings is 1. The molecular formula is C15H14ClNO5. The molecule has 116 valence electrons. The van der Waals surface area contributed by atoms with Crippen LogP contribution in [0.3, 0.4) is 0 Å². The van der Waals surface area contributed by atoms with E-state index < -0.39 is 11.5 Å². The number of halogens is 1. The summed E-state index contributed by atoms with van der Waals surface area (Å²) in [6.07, 6.45) is 0. The van der Waals surface area contributed by atoms with Crippen LogP contribution in [-0.2, 0) is 10.6 Å². The Morgan fingerprint density at radius 3 is 2.64 bits per heavy atom. The van der Waals surface area contributed by atoms with Crippen molar-refractivity contribution in [3.8, 4) is 11.5 Å². The van der Waals surface area contributed by atoms with Crippen molar-refractivity contribution in [3.63, 3.8) is 0 Å². The Morgan fingerprint density at radius 1 is 1.32 bits per heavy atom. The first-order chi connectivity index (χ1) is 10.7. The van der Waals surface area contributed by atoms with Gasteiger partial charge in [-0.2, -0.15) is 0 Å². The summed E-state index contributed by atoms with van der Waals surface area (Å²) in [7, 11) is 0. The van der Waals surface area contributed by atoms with Gasteiger partial charge >= 0.3 is 5.97 Å². The molecule has 1 N–H and O–H groups in total. The highest BCUT2D eigenvalue weighted by Crippen LogP contribution is 2.35. The number of nitrogens with one attached hydrogen (secondary N) is 1. The molecule has 0 spiro atoms. The summed E-state index contributed by atoms with van der Waals surface area (Å²) in [5.74, 6) is 0.441. The number of ether oxygens (including phenoxy) is 3. The average molecular weight is 324 g/mol. The molecule has 0 radical (unpaired) electrons. The van der Waals surface area contributed by atoms with Gasteiger partial charge in [0.25, 0.3) is 5.56 Å². The normalized spacial score (nSPS) is 13.2. The van der Waals surface area contributed by atoms with Crippen molar-refractivity contribution >= 4 is 28.5 Å². The summed E-state index contributed by atoms with van der Waals surface area (Å²) >= 11 is 5.98. The van der Waals surface area contributed by atoms with Crippen LogP contribution in [0.5, 0.6) is 11.5 Å². The molecular weight excluding hydrogens is 310 g/mol. The van der Waals surface area contributed by atoms with Gasteiger partial charge in [0.05, 0.1) is 12.1 Å². The van der Waals surface area contributed by atoms with E-state index in [0.717, 1.165) is 0 Å². The highest BCUT2D eigenvalue weighted by Gasteiger charge is 2.22. The molecule has 7 heteroatoms. The van der Waals surface area contributed by atoms with Crippen molar-refractivity contribution in [1.82, 2.24) is 4.98 Å². The Morgan fingerprint density at radius 2 is 2.00 bits per heavy atom. The summed E-state index contributed by atoms with van der Waals surface area (Å²) in [6.45, 7) is 2.75. The van der Waals surface area contributed by atoms with E-state index in [1.165, 1.54) is 0 Å². The molecule has 1 aromatic heterocycles. The van der Waals surface area contributed by atoms with Crippen LogP contribution in [0.2, 0.25) is 0 Å². The van der Waals surface area contributed by atoms with Gasteiger partial charge in [-0.25, -0.2) is 4.79 Å². The van der Waals surface area contributed by atoms with E-state index in [0.29, 0.717) is 41.2 Å². The SMILES string of the molecule is CCOC(=O)c1c(CCl)c2cc3c(cc2[nH]c1=O)OCCO3. The van der Waals surface area contributed by atoms with E-state index >= 15 is 0 Å². The lowest BCUT2D eigenvalue weighted by atomic mass is 10.0. The molecule has 3 rings (SSSR count). The zero-order valence-electron chi connectivity index (χ0n) is 11.9. The van der Waals surface area contributed by atoms with Crippen molar-refractivity contribution in [2.24, 2.45) is 0 Å². The third kappa shape index (κ3) is 2.39. The van der Waals surface area contributed by atoms with Crippen LogP contribution in [0.4, 0.5) is 0 Å². The second-order valence-corrected chi connectivity index (χ2v) is 4.97. The summed E-state index contributed by atoms with van der Waals surface area (Å²) in [4.78, 5) is 26.9. The van der Waals surface area contributed by atoms with Crippen molar-refractivity contribution in [2.75, 3.05) is 19.8 Å². The second kappa shape index (κ2) is 5.88. The minimum atomic E-state index is -0.684. The largest absolute Gasteiger partial charge is 0.486 e. The first-order valence-electron chi connectivity index (χ1n) is 6.87. The van der Waals surface area contributed by atoms with Crippen LogP contribution in [0, 0.1) is 0 Å². The number of fused-ring (bicyclic) bond motifs is 2. The molecule has 0 atom stereocenters. The average Bonchev–Trinajstić information content (AvgIpc) is 2.51. The van der Waals surface area contributed by atoms with Gasteiger partial charge < -0.3 is 19.2 Å². The van der Waals surface area contributed by atoms with E-state index in [4.69, 9.17) is 25.8 Å². The Hall–Kier alpha value is -2.21. The molecule has 0 unspecified atom stereocenters. The zero-order chi connectivity index (χ0) is 15.7. The predicted octanol–water partition coefficient (Wildman–Crippen LogP) is 2.21. The molecule has 2 aromatic rings. The molecule has 1 aliphatic heterocycles. The molecule has 1 aromatic carbocycles. The highest BCUT2D eigenvalue weighted by molar-refractivity contribution is 6.19. The molecule has 22 heavy (non-hydrogen) atoms. The summed E-state index contributed by atoms with van der Waals surface area (Å²) in [5.41, 5.74) is 0.369. The monoisotopic (exact) mass is 323 g/mol. The van der Waals surface area contributed by atoms with Gasteiger partial charge in [0.15, 0.2) is 11.5 Å². The van der Waals surface area contributed by atoms with Gasteiger partial charge in [0.2, 0.25) is 0 Å². The number of carbonyl (C=O) groups excluding carboxylic acids is 1.